The molecule has 0 amide bonds. The molecule has 3 rings (SSSR count). The van der Waals surface area contributed by atoms with Crippen molar-refractivity contribution in [3.05, 3.63) is 95.6 Å². The van der Waals surface area contributed by atoms with E-state index < -0.39 is 12.1 Å². The molecule has 0 aliphatic rings. The third-order valence-electron chi connectivity index (χ3n) is 4.70. The lowest BCUT2D eigenvalue weighted by Gasteiger charge is -2.12. The SMILES string of the molecule is CO[C@@H](Cc1ccc(OCCOc2ccc(Cc3ccccc3)cc2)cc1)C(=O)O. The fourth-order valence-electron chi connectivity index (χ4n) is 3.06. The number of hydrogen-bond donors (Lipinski definition) is 1. The van der Waals surface area contributed by atoms with Gasteiger partial charge in [0.15, 0.2) is 6.10 Å². The van der Waals surface area contributed by atoms with E-state index in [1.165, 1.54) is 18.2 Å². The van der Waals surface area contributed by atoms with Crippen LogP contribution >= 0.6 is 0 Å². The van der Waals surface area contributed by atoms with Gasteiger partial charge in [-0.2, -0.15) is 0 Å². The maximum Gasteiger partial charge on any atom is 0.333 e. The van der Waals surface area contributed by atoms with E-state index in [9.17, 15) is 4.79 Å². The highest BCUT2D eigenvalue weighted by Gasteiger charge is 2.16. The van der Waals surface area contributed by atoms with Gasteiger partial charge in [-0.15, -0.1) is 0 Å². The van der Waals surface area contributed by atoms with E-state index in [1.54, 1.807) is 0 Å². The summed E-state index contributed by atoms with van der Waals surface area (Å²) in [7, 11) is 1.40. The molecule has 5 nitrogen and oxygen atoms in total. The summed E-state index contributed by atoms with van der Waals surface area (Å²) in [5.41, 5.74) is 3.40. The number of benzene rings is 3. The van der Waals surface area contributed by atoms with E-state index in [0.717, 1.165) is 17.7 Å². The number of aliphatic carboxylic acids is 1. The van der Waals surface area contributed by atoms with Crippen molar-refractivity contribution in [2.24, 2.45) is 0 Å². The van der Waals surface area contributed by atoms with Crippen LogP contribution in [-0.4, -0.2) is 37.5 Å². The molecule has 0 aliphatic carbocycles. The Kier molecular flexibility index (Phi) is 7.86. The maximum absolute atomic E-state index is 11.0. The quantitative estimate of drug-likeness (QED) is 0.479. The summed E-state index contributed by atoms with van der Waals surface area (Å²) in [6.07, 6.45) is 0.372. The van der Waals surface area contributed by atoms with Gasteiger partial charge in [0.2, 0.25) is 0 Å². The molecule has 156 valence electrons. The zero-order chi connectivity index (χ0) is 21.2. The Labute approximate surface area is 176 Å². The molecule has 3 aromatic rings. The summed E-state index contributed by atoms with van der Waals surface area (Å²) < 4.78 is 16.4. The monoisotopic (exact) mass is 406 g/mol. The Morgan fingerprint density at radius 2 is 1.27 bits per heavy atom. The van der Waals surface area contributed by atoms with Gasteiger partial charge in [-0.3, -0.25) is 0 Å². The predicted molar refractivity (Wildman–Crippen MR) is 115 cm³/mol. The van der Waals surface area contributed by atoms with Gasteiger partial charge >= 0.3 is 5.97 Å². The molecule has 0 radical (unpaired) electrons. The zero-order valence-electron chi connectivity index (χ0n) is 17.0. The van der Waals surface area contributed by atoms with Crippen molar-refractivity contribution in [3.8, 4) is 11.5 Å². The van der Waals surface area contributed by atoms with Crippen LogP contribution in [-0.2, 0) is 22.4 Å². The second-order valence-electron chi connectivity index (χ2n) is 6.91. The van der Waals surface area contributed by atoms with Crippen LogP contribution in [0.4, 0.5) is 0 Å². The molecule has 0 heterocycles. The maximum atomic E-state index is 11.0. The number of carboxylic acids is 1. The molecule has 0 bridgehead atoms. The summed E-state index contributed by atoms with van der Waals surface area (Å²) in [5.74, 6) is 0.554. The predicted octanol–water partition coefficient (Wildman–Crippen LogP) is 4.38. The van der Waals surface area contributed by atoms with E-state index in [4.69, 9.17) is 19.3 Å². The van der Waals surface area contributed by atoms with Crippen molar-refractivity contribution in [2.75, 3.05) is 20.3 Å². The topological polar surface area (TPSA) is 65.0 Å². The lowest BCUT2D eigenvalue weighted by Crippen LogP contribution is -2.24. The minimum Gasteiger partial charge on any atom is -0.490 e. The van der Waals surface area contributed by atoms with Crippen LogP contribution in [0.5, 0.6) is 11.5 Å². The average Bonchev–Trinajstić information content (AvgIpc) is 2.77. The van der Waals surface area contributed by atoms with Gasteiger partial charge in [0.25, 0.3) is 0 Å². The van der Waals surface area contributed by atoms with Crippen LogP contribution < -0.4 is 9.47 Å². The lowest BCUT2D eigenvalue weighted by molar-refractivity contribution is -0.148. The second-order valence-corrected chi connectivity index (χ2v) is 6.91. The van der Waals surface area contributed by atoms with Crippen LogP contribution in [0.1, 0.15) is 16.7 Å². The molecule has 0 aliphatic heterocycles. The van der Waals surface area contributed by atoms with Crippen molar-refractivity contribution >= 4 is 5.97 Å². The molecule has 0 fully saturated rings. The van der Waals surface area contributed by atoms with Crippen LogP contribution in [0.15, 0.2) is 78.9 Å². The number of ether oxygens (including phenoxy) is 3. The van der Waals surface area contributed by atoms with Gasteiger partial charge in [-0.25, -0.2) is 4.79 Å². The molecule has 0 saturated heterocycles. The first-order valence-corrected chi connectivity index (χ1v) is 9.87. The molecule has 3 aromatic carbocycles. The summed E-state index contributed by atoms with van der Waals surface area (Å²) in [6, 6.07) is 25.8. The average molecular weight is 406 g/mol. The molecule has 5 heteroatoms. The van der Waals surface area contributed by atoms with Crippen molar-refractivity contribution in [2.45, 2.75) is 18.9 Å². The molecular weight excluding hydrogens is 380 g/mol. The van der Waals surface area contributed by atoms with E-state index in [0.29, 0.717) is 25.4 Å². The Bertz CT molecular complexity index is 905. The standard InChI is InChI=1S/C25H26O5/c1-28-24(25(26)27)18-21-9-13-23(14-10-21)30-16-15-29-22-11-7-20(8-12-22)17-19-5-3-2-4-6-19/h2-14,24H,15-18H2,1H3,(H,26,27)/t24-/m0/s1. The number of methoxy groups -OCH3 is 1. The highest BCUT2D eigenvalue weighted by molar-refractivity contribution is 5.72. The molecule has 1 N–H and O–H groups in total. The van der Waals surface area contributed by atoms with Gasteiger partial charge in [0, 0.05) is 13.5 Å². The van der Waals surface area contributed by atoms with Crippen LogP contribution in [0.2, 0.25) is 0 Å². The number of carboxylic acid groups (broad SMARTS) is 1. The summed E-state index contributed by atoms with van der Waals surface area (Å²) >= 11 is 0. The van der Waals surface area contributed by atoms with E-state index >= 15 is 0 Å². The van der Waals surface area contributed by atoms with Gasteiger partial charge in [-0.05, 0) is 47.4 Å². The minimum absolute atomic E-state index is 0.315. The van der Waals surface area contributed by atoms with Gasteiger partial charge < -0.3 is 19.3 Å². The van der Waals surface area contributed by atoms with Crippen molar-refractivity contribution in [3.63, 3.8) is 0 Å². The highest BCUT2D eigenvalue weighted by Crippen LogP contribution is 2.17. The third-order valence-corrected chi connectivity index (χ3v) is 4.70. The smallest absolute Gasteiger partial charge is 0.333 e. The molecule has 0 spiro atoms. The van der Waals surface area contributed by atoms with E-state index in [2.05, 4.69) is 24.3 Å². The Morgan fingerprint density at radius 3 is 1.77 bits per heavy atom. The Hall–Kier alpha value is -3.31. The molecule has 1 atom stereocenters. The zero-order valence-corrected chi connectivity index (χ0v) is 17.0. The van der Waals surface area contributed by atoms with E-state index in [-0.39, 0.29) is 0 Å². The summed E-state index contributed by atoms with van der Waals surface area (Å²) in [4.78, 5) is 11.0. The molecule has 0 aromatic heterocycles. The van der Waals surface area contributed by atoms with Crippen LogP contribution in [0, 0.1) is 0 Å². The fraction of sp³-hybridized carbons (Fsp3) is 0.240. The first-order chi connectivity index (χ1) is 14.6. The van der Waals surface area contributed by atoms with E-state index in [1.807, 2.05) is 54.6 Å². The van der Waals surface area contributed by atoms with Gasteiger partial charge in [0.1, 0.15) is 24.7 Å². The van der Waals surface area contributed by atoms with Gasteiger partial charge in [0.05, 0.1) is 0 Å². The lowest BCUT2D eigenvalue weighted by atomic mass is 10.1. The third kappa shape index (κ3) is 6.64. The van der Waals surface area contributed by atoms with Crippen LogP contribution in [0.25, 0.3) is 0 Å². The van der Waals surface area contributed by atoms with Crippen molar-refractivity contribution in [1.29, 1.82) is 0 Å². The molecule has 0 saturated carbocycles. The molecule has 0 unspecified atom stereocenters. The number of hydrogen-bond acceptors (Lipinski definition) is 4. The van der Waals surface area contributed by atoms with Crippen molar-refractivity contribution in [1.82, 2.24) is 0 Å². The first-order valence-electron chi connectivity index (χ1n) is 9.87. The van der Waals surface area contributed by atoms with Gasteiger partial charge in [-0.1, -0.05) is 54.6 Å². The fourth-order valence-corrected chi connectivity index (χ4v) is 3.06. The van der Waals surface area contributed by atoms with Crippen molar-refractivity contribution < 1.29 is 24.1 Å². The first kappa shape index (κ1) is 21.4. The largest absolute Gasteiger partial charge is 0.490 e. The Morgan fingerprint density at radius 1 is 0.767 bits per heavy atom. The summed E-state index contributed by atoms with van der Waals surface area (Å²) in [5, 5.41) is 9.04. The normalized spacial score (nSPS) is 11.6. The minimum atomic E-state index is -0.969. The molecule has 30 heavy (non-hydrogen) atoms. The number of carbonyl (C=O) groups is 1. The molecular formula is C25H26O5. The second kappa shape index (κ2) is 11.0. The number of rotatable bonds is 11. The highest BCUT2D eigenvalue weighted by atomic mass is 16.5. The summed E-state index contributed by atoms with van der Waals surface area (Å²) in [6.45, 7) is 0.853. The van der Waals surface area contributed by atoms with Crippen LogP contribution in [0.3, 0.4) is 0 Å². The Balaban J connectivity index is 1.40.